The van der Waals surface area contributed by atoms with E-state index in [4.69, 9.17) is 0 Å². The quantitative estimate of drug-likeness (QED) is 0.713. The summed E-state index contributed by atoms with van der Waals surface area (Å²) in [5.41, 5.74) is 1.63. The Hall–Kier alpha value is -1.02. The van der Waals surface area contributed by atoms with Gasteiger partial charge in [-0.25, -0.2) is 0 Å². The lowest BCUT2D eigenvalue weighted by molar-refractivity contribution is 0.128. The second kappa shape index (κ2) is 4.46. The van der Waals surface area contributed by atoms with Crippen LogP contribution in [0.2, 0.25) is 0 Å². The van der Waals surface area contributed by atoms with E-state index in [9.17, 15) is 0 Å². The highest BCUT2D eigenvalue weighted by molar-refractivity contribution is 5.46. The van der Waals surface area contributed by atoms with Gasteiger partial charge in [-0.1, -0.05) is 12.1 Å². The average Bonchev–Trinajstić information content (AvgIpc) is 2.29. The van der Waals surface area contributed by atoms with Gasteiger partial charge in [0.2, 0.25) is 0 Å². The Morgan fingerprint density at radius 1 is 1.00 bits per heavy atom. The number of hydrogen-bond acceptors (Lipinski definition) is 2. The standard InChI is InChI=1S/C14H21N2/c1-14(2,3)16-11-9-15(10-12-16)13-7-5-4-6-8-13/h5-8H,9-12H2,1-3H3. The van der Waals surface area contributed by atoms with Gasteiger partial charge in [-0.05, 0) is 39.0 Å². The lowest BCUT2D eigenvalue weighted by Crippen LogP contribution is -2.53. The summed E-state index contributed by atoms with van der Waals surface area (Å²) in [6, 6.07) is 11.3. The van der Waals surface area contributed by atoms with Crippen LogP contribution < -0.4 is 4.90 Å². The summed E-state index contributed by atoms with van der Waals surface area (Å²) >= 11 is 0. The van der Waals surface area contributed by atoms with Gasteiger partial charge in [-0.2, -0.15) is 0 Å². The molecule has 1 saturated heterocycles. The van der Waals surface area contributed by atoms with E-state index in [0.29, 0.717) is 5.54 Å². The fraction of sp³-hybridized carbons (Fsp3) is 0.571. The molecule has 0 bridgehead atoms. The van der Waals surface area contributed by atoms with Crippen LogP contribution in [-0.4, -0.2) is 36.6 Å². The largest absolute Gasteiger partial charge is 0.369 e. The summed E-state index contributed by atoms with van der Waals surface area (Å²) in [6.07, 6.45) is 0. The molecule has 87 valence electrons. The summed E-state index contributed by atoms with van der Waals surface area (Å²) in [4.78, 5) is 5.01. The van der Waals surface area contributed by atoms with E-state index in [-0.39, 0.29) is 0 Å². The maximum Gasteiger partial charge on any atom is 0.0367 e. The van der Waals surface area contributed by atoms with Crippen molar-refractivity contribution in [3.8, 4) is 0 Å². The van der Waals surface area contributed by atoms with Crippen LogP contribution in [0.3, 0.4) is 0 Å². The third kappa shape index (κ3) is 2.56. The van der Waals surface area contributed by atoms with Crippen molar-refractivity contribution >= 4 is 5.69 Å². The van der Waals surface area contributed by atoms with E-state index in [1.807, 2.05) is 12.1 Å². The fourth-order valence-corrected chi connectivity index (χ4v) is 2.22. The van der Waals surface area contributed by atoms with Gasteiger partial charge in [0.05, 0.1) is 0 Å². The molecule has 0 aromatic heterocycles. The van der Waals surface area contributed by atoms with Crippen LogP contribution in [-0.2, 0) is 0 Å². The molecule has 0 N–H and O–H groups in total. The maximum absolute atomic E-state index is 3.07. The van der Waals surface area contributed by atoms with Crippen molar-refractivity contribution in [2.75, 3.05) is 31.1 Å². The van der Waals surface area contributed by atoms with Gasteiger partial charge >= 0.3 is 0 Å². The molecule has 0 saturated carbocycles. The SMILES string of the molecule is CC(C)(C)N1CCN(c2cc[c]cc2)CC1. The number of nitrogens with zero attached hydrogens (tertiary/aromatic N) is 2. The normalized spacial score (nSPS) is 18.8. The Balaban J connectivity index is 1.96. The first-order valence-corrected chi connectivity index (χ1v) is 6.03. The minimum Gasteiger partial charge on any atom is -0.369 e. The minimum atomic E-state index is 0.302. The monoisotopic (exact) mass is 217 g/mol. The van der Waals surface area contributed by atoms with Crippen molar-refractivity contribution in [2.45, 2.75) is 26.3 Å². The zero-order valence-corrected chi connectivity index (χ0v) is 10.5. The number of hydrogen-bond donors (Lipinski definition) is 0. The molecular weight excluding hydrogens is 196 g/mol. The molecule has 1 aromatic carbocycles. The molecule has 1 aromatic rings. The summed E-state index contributed by atoms with van der Waals surface area (Å²) in [5.74, 6) is 0. The molecule has 2 nitrogen and oxygen atoms in total. The van der Waals surface area contributed by atoms with E-state index in [2.05, 4.69) is 48.8 Å². The average molecular weight is 217 g/mol. The molecule has 1 aliphatic rings. The molecule has 0 amide bonds. The third-order valence-electron chi connectivity index (χ3n) is 3.29. The molecule has 2 rings (SSSR count). The molecule has 1 aliphatic heterocycles. The maximum atomic E-state index is 3.07. The number of rotatable bonds is 1. The van der Waals surface area contributed by atoms with E-state index in [1.165, 1.54) is 5.69 Å². The van der Waals surface area contributed by atoms with Gasteiger partial charge in [-0.15, -0.1) is 0 Å². The van der Waals surface area contributed by atoms with Crippen molar-refractivity contribution in [2.24, 2.45) is 0 Å². The van der Waals surface area contributed by atoms with Crippen LogP contribution in [0.25, 0.3) is 0 Å². The van der Waals surface area contributed by atoms with Gasteiger partial charge in [0.25, 0.3) is 0 Å². The second-order valence-corrected chi connectivity index (χ2v) is 5.40. The van der Waals surface area contributed by atoms with E-state index in [1.54, 1.807) is 0 Å². The van der Waals surface area contributed by atoms with Crippen LogP contribution in [0.5, 0.6) is 0 Å². The highest BCUT2D eigenvalue weighted by Crippen LogP contribution is 2.20. The van der Waals surface area contributed by atoms with Gasteiger partial charge in [0.1, 0.15) is 0 Å². The predicted molar refractivity (Wildman–Crippen MR) is 68.8 cm³/mol. The Bertz CT molecular complexity index is 318. The second-order valence-electron chi connectivity index (χ2n) is 5.40. The van der Waals surface area contributed by atoms with Crippen LogP contribution in [0, 0.1) is 6.07 Å². The molecule has 1 radical (unpaired) electrons. The molecule has 1 fully saturated rings. The summed E-state index contributed by atoms with van der Waals surface area (Å²) in [5, 5.41) is 0. The fourth-order valence-electron chi connectivity index (χ4n) is 2.22. The Morgan fingerprint density at radius 3 is 2.06 bits per heavy atom. The van der Waals surface area contributed by atoms with Crippen molar-refractivity contribution < 1.29 is 0 Å². The highest BCUT2D eigenvalue weighted by Gasteiger charge is 2.25. The minimum absolute atomic E-state index is 0.302. The zero-order chi connectivity index (χ0) is 11.6. The van der Waals surface area contributed by atoms with Crippen molar-refractivity contribution in [3.05, 3.63) is 30.3 Å². The molecule has 0 unspecified atom stereocenters. The zero-order valence-electron chi connectivity index (χ0n) is 10.5. The van der Waals surface area contributed by atoms with Crippen molar-refractivity contribution in [3.63, 3.8) is 0 Å². The summed E-state index contributed by atoms with van der Waals surface area (Å²) in [7, 11) is 0. The van der Waals surface area contributed by atoms with Gasteiger partial charge in [0.15, 0.2) is 0 Å². The first kappa shape index (κ1) is 11.5. The van der Waals surface area contributed by atoms with Gasteiger partial charge in [-0.3, -0.25) is 4.90 Å². The van der Waals surface area contributed by atoms with E-state index in [0.717, 1.165) is 26.2 Å². The van der Waals surface area contributed by atoms with Crippen LogP contribution in [0.1, 0.15) is 20.8 Å². The first-order chi connectivity index (χ1) is 7.57. The predicted octanol–water partition coefficient (Wildman–Crippen LogP) is 2.41. The van der Waals surface area contributed by atoms with E-state index < -0.39 is 0 Å². The number of piperazine rings is 1. The summed E-state index contributed by atoms with van der Waals surface area (Å²) < 4.78 is 0. The lowest BCUT2D eigenvalue weighted by Gasteiger charge is -2.43. The molecule has 16 heavy (non-hydrogen) atoms. The molecule has 0 atom stereocenters. The van der Waals surface area contributed by atoms with Crippen LogP contribution in [0.15, 0.2) is 24.3 Å². The molecule has 0 spiro atoms. The first-order valence-electron chi connectivity index (χ1n) is 6.03. The topological polar surface area (TPSA) is 6.48 Å². The smallest absolute Gasteiger partial charge is 0.0367 e. The Kier molecular flexibility index (Phi) is 3.20. The van der Waals surface area contributed by atoms with Crippen LogP contribution >= 0.6 is 0 Å². The lowest BCUT2D eigenvalue weighted by atomic mass is 10.0. The molecule has 0 aliphatic carbocycles. The van der Waals surface area contributed by atoms with Gasteiger partial charge in [0, 0.05) is 37.4 Å². The number of anilines is 1. The van der Waals surface area contributed by atoms with E-state index >= 15 is 0 Å². The van der Waals surface area contributed by atoms with Crippen molar-refractivity contribution in [1.29, 1.82) is 0 Å². The highest BCUT2D eigenvalue weighted by atomic mass is 15.3. The van der Waals surface area contributed by atoms with Crippen LogP contribution in [0.4, 0.5) is 5.69 Å². The van der Waals surface area contributed by atoms with Gasteiger partial charge < -0.3 is 4.90 Å². The number of benzene rings is 1. The third-order valence-corrected chi connectivity index (χ3v) is 3.29. The van der Waals surface area contributed by atoms with Crippen molar-refractivity contribution in [1.82, 2.24) is 4.90 Å². The summed E-state index contributed by atoms with van der Waals surface area (Å²) in [6.45, 7) is 11.4. The molecule has 2 heteroatoms. The molecular formula is C14H21N2. The Labute approximate surface area is 98.9 Å². The molecule has 1 heterocycles. The Morgan fingerprint density at radius 2 is 1.56 bits per heavy atom.